The summed E-state index contributed by atoms with van der Waals surface area (Å²) in [4.78, 5) is 22.3. The zero-order valence-corrected chi connectivity index (χ0v) is 11.2. The fourth-order valence-electron chi connectivity index (χ4n) is 2.36. The molecule has 0 fully saturated rings. The number of primary amides is 1. The average molecular weight is 283 g/mol. The number of furan rings is 1. The smallest absolute Gasteiger partial charge is 0.310 e. The number of carbonyl (C=O) groups excluding carboxylic acids is 2. The minimum absolute atomic E-state index is 0.0360. The summed E-state index contributed by atoms with van der Waals surface area (Å²) in [5, 5.41) is 2.98. The zero-order chi connectivity index (χ0) is 14.8. The van der Waals surface area contributed by atoms with Crippen LogP contribution in [0.15, 0.2) is 47.1 Å². The SMILES string of the molecule is NC(=O)COC(=O)Cc1coc2ccc3ccccc3c12. The number of fused-ring (bicyclic) bond motifs is 3. The predicted molar refractivity (Wildman–Crippen MR) is 77.6 cm³/mol. The standard InChI is InChI=1S/C16H13NO4/c17-14(18)9-21-15(19)7-11-8-20-13-6-5-10-3-1-2-4-12(10)16(11)13/h1-6,8H,7,9H2,(H2,17,18). The van der Waals surface area contributed by atoms with Crippen LogP contribution in [-0.2, 0) is 20.7 Å². The lowest BCUT2D eigenvalue weighted by Crippen LogP contribution is -2.21. The number of ether oxygens (including phenoxy) is 1. The topological polar surface area (TPSA) is 82.5 Å². The van der Waals surface area contributed by atoms with Gasteiger partial charge in [-0.2, -0.15) is 0 Å². The number of hydrogen-bond acceptors (Lipinski definition) is 4. The van der Waals surface area contributed by atoms with Crippen LogP contribution >= 0.6 is 0 Å². The molecular formula is C16H13NO4. The lowest BCUT2D eigenvalue weighted by molar-refractivity contribution is -0.147. The highest BCUT2D eigenvalue weighted by molar-refractivity contribution is 6.08. The Morgan fingerprint density at radius 2 is 1.95 bits per heavy atom. The molecule has 1 aromatic heterocycles. The molecule has 3 aromatic rings. The zero-order valence-electron chi connectivity index (χ0n) is 11.2. The number of benzene rings is 2. The Morgan fingerprint density at radius 3 is 2.76 bits per heavy atom. The number of esters is 1. The maximum absolute atomic E-state index is 11.7. The van der Waals surface area contributed by atoms with Gasteiger partial charge in [0.25, 0.3) is 5.91 Å². The van der Waals surface area contributed by atoms with Gasteiger partial charge in [-0.1, -0.05) is 30.3 Å². The summed E-state index contributed by atoms with van der Waals surface area (Å²) in [6, 6.07) is 11.7. The first-order valence-electron chi connectivity index (χ1n) is 6.47. The van der Waals surface area contributed by atoms with Gasteiger partial charge in [0.2, 0.25) is 0 Å². The molecule has 0 bridgehead atoms. The lowest BCUT2D eigenvalue weighted by atomic mass is 10.0. The van der Waals surface area contributed by atoms with Crippen LogP contribution in [0.1, 0.15) is 5.56 Å². The number of hydrogen-bond donors (Lipinski definition) is 1. The van der Waals surface area contributed by atoms with E-state index in [1.54, 1.807) is 6.26 Å². The fraction of sp³-hybridized carbons (Fsp3) is 0.125. The van der Waals surface area contributed by atoms with E-state index in [0.29, 0.717) is 5.58 Å². The summed E-state index contributed by atoms with van der Waals surface area (Å²) in [5.74, 6) is -1.18. The van der Waals surface area contributed by atoms with E-state index in [9.17, 15) is 9.59 Å². The molecule has 0 saturated carbocycles. The molecule has 0 radical (unpaired) electrons. The van der Waals surface area contributed by atoms with Crippen LogP contribution < -0.4 is 5.73 Å². The van der Waals surface area contributed by atoms with Gasteiger partial charge in [0, 0.05) is 10.9 Å². The number of amides is 1. The monoisotopic (exact) mass is 283 g/mol. The van der Waals surface area contributed by atoms with Gasteiger partial charge in [0.15, 0.2) is 6.61 Å². The number of rotatable bonds is 4. The molecule has 0 unspecified atom stereocenters. The highest BCUT2D eigenvalue weighted by Gasteiger charge is 2.14. The molecule has 21 heavy (non-hydrogen) atoms. The summed E-state index contributed by atoms with van der Waals surface area (Å²) in [6.07, 6.45) is 1.58. The van der Waals surface area contributed by atoms with Crippen molar-refractivity contribution >= 4 is 33.6 Å². The van der Waals surface area contributed by atoms with Crippen LogP contribution in [0.5, 0.6) is 0 Å². The van der Waals surface area contributed by atoms with Crippen molar-refractivity contribution in [1.29, 1.82) is 0 Å². The van der Waals surface area contributed by atoms with Gasteiger partial charge in [0.1, 0.15) is 5.58 Å². The van der Waals surface area contributed by atoms with Crippen LogP contribution in [0.2, 0.25) is 0 Å². The summed E-state index contributed by atoms with van der Waals surface area (Å²) < 4.78 is 10.3. The maximum atomic E-state index is 11.7. The fourth-order valence-corrected chi connectivity index (χ4v) is 2.36. The molecule has 3 rings (SSSR count). The van der Waals surface area contributed by atoms with Crippen LogP contribution in [0, 0.1) is 0 Å². The second-order valence-electron chi connectivity index (χ2n) is 4.72. The molecule has 106 valence electrons. The number of nitrogens with two attached hydrogens (primary N) is 1. The molecule has 2 aromatic carbocycles. The van der Waals surface area contributed by atoms with Gasteiger partial charge in [-0.3, -0.25) is 9.59 Å². The maximum Gasteiger partial charge on any atom is 0.310 e. The summed E-state index contributed by atoms with van der Waals surface area (Å²) in [6.45, 7) is -0.407. The molecule has 1 heterocycles. The Labute approximate surface area is 120 Å². The minimum Gasteiger partial charge on any atom is -0.464 e. The Kier molecular flexibility index (Phi) is 3.31. The molecular weight excluding hydrogens is 270 g/mol. The van der Waals surface area contributed by atoms with Gasteiger partial charge in [0.05, 0.1) is 12.7 Å². The second-order valence-corrected chi connectivity index (χ2v) is 4.72. The summed E-state index contributed by atoms with van der Waals surface area (Å²) in [7, 11) is 0. The van der Waals surface area contributed by atoms with Crippen molar-refractivity contribution in [2.45, 2.75) is 6.42 Å². The average Bonchev–Trinajstić information content (AvgIpc) is 2.88. The first-order valence-corrected chi connectivity index (χ1v) is 6.47. The Balaban J connectivity index is 1.97. The minimum atomic E-state index is -0.675. The predicted octanol–water partition coefficient (Wildman–Crippen LogP) is 2.16. The second kappa shape index (κ2) is 5.28. The van der Waals surface area contributed by atoms with Crippen LogP contribution in [0.3, 0.4) is 0 Å². The highest BCUT2D eigenvalue weighted by Crippen LogP contribution is 2.30. The molecule has 1 amide bonds. The van der Waals surface area contributed by atoms with E-state index in [-0.39, 0.29) is 6.42 Å². The van der Waals surface area contributed by atoms with E-state index in [1.165, 1.54) is 0 Å². The molecule has 0 aliphatic rings. The normalized spacial score (nSPS) is 10.9. The summed E-state index contributed by atoms with van der Waals surface area (Å²) >= 11 is 0. The van der Waals surface area contributed by atoms with E-state index in [1.807, 2.05) is 36.4 Å². The third-order valence-corrected chi connectivity index (χ3v) is 3.25. The quantitative estimate of drug-likeness (QED) is 0.744. The molecule has 0 aliphatic heterocycles. The van der Waals surface area contributed by atoms with Crippen molar-refractivity contribution in [3.8, 4) is 0 Å². The van der Waals surface area contributed by atoms with Gasteiger partial charge in [-0.15, -0.1) is 0 Å². The summed E-state index contributed by atoms with van der Waals surface area (Å²) in [5.41, 5.74) is 6.39. The molecule has 0 spiro atoms. The number of carbonyl (C=O) groups is 2. The molecule has 5 heteroatoms. The van der Waals surface area contributed by atoms with Crippen molar-refractivity contribution in [3.05, 3.63) is 48.2 Å². The van der Waals surface area contributed by atoms with Crippen molar-refractivity contribution in [2.24, 2.45) is 5.73 Å². The van der Waals surface area contributed by atoms with E-state index < -0.39 is 18.5 Å². The third kappa shape index (κ3) is 2.58. The Morgan fingerprint density at radius 1 is 1.14 bits per heavy atom. The van der Waals surface area contributed by atoms with Gasteiger partial charge in [-0.25, -0.2) is 0 Å². The van der Waals surface area contributed by atoms with Crippen molar-refractivity contribution in [1.82, 2.24) is 0 Å². The van der Waals surface area contributed by atoms with Gasteiger partial charge < -0.3 is 14.9 Å². The molecule has 5 nitrogen and oxygen atoms in total. The molecule has 0 saturated heterocycles. The van der Waals surface area contributed by atoms with E-state index in [0.717, 1.165) is 21.7 Å². The van der Waals surface area contributed by atoms with Crippen LogP contribution in [-0.4, -0.2) is 18.5 Å². The lowest BCUT2D eigenvalue weighted by Gasteiger charge is -2.03. The Hall–Kier alpha value is -2.82. The first-order chi connectivity index (χ1) is 10.1. The van der Waals surface area contributed by atoms with Gasteiger partial charge >= 0.3 is 5.97 Å². The van der Waals surface area contributed by atoms with Crippen molar-refractivity contribution < 1.29 is 18.7 Å². The van der Waals surface area contributed by atoms with Gasteiger partial charge in [-0.05, 0) is 16.8 Å². The molecule has 0 atom stereocenters. The largest absolute Gasteiger partial charge is 0.464 e. The molecule has 2 N–H and O–H groups in total. The van der Waals surface area contributed by atoms with Crippen molar-refractivity contribution in [2.75, 3.05) is 6.61 Å². The third-order valence-electron chi connectivity index (χ3n) is 3.25. The van der Waals surface area contributed by atoms with E-state index in [4.69, 9.17) is 14.9 Å². The van der Waals surface area contributed by atoms with Crippen LogP contribution in [0.4, 0.5) is 0 Å². The first kappa shape index (κ1) is 13.2. The van der Waals surface area contributed by atoms with E-state index >= 15 is 0 Å². The Bertz CT molecular complexity index is 835. The molecule has 0 aliphatic carbocycles. The van der Waals surface area contributed by atoms with Crippen molar-refractivity contribution in [3.63, 3.8) is 0 Å². The highest BCUT2D eigenvalue weighted by atomic mass is 16.5. The van der Waals surface area contributed by atoms with E-state index in [2.05, 4.69) is 0 Å². The van der Waals surface area contributed by atoms with Crippen LogP contribution in [0.25, 0.3) is 21.7 Å².